The molecule has 3 rings (SSSR count). The van der Waals surface area contributed by atoms with E-state index in [9.17, 15) is 22.8 Å². The Bertz CT molecular complexity index is 1130. The first-order chi connectivity index (χ1) is 14.6. The quantitative estimate of drug-likeness (QED) is 0.435. The van der Waals surface area contributed by atoms with Gasteiger partial charge in [0.15, 0.2) is 5.13 Å². The number of anilines is 1. The van der Waals surface area contributed by atoms with E-state index < -0.39 is 23.7 Å². The zero-order valence-corrected chi connectivity index (χ0v) is 17.5. The highest BCUT2D eigenvalue weighted by atomic mass is 32.1. The van der Waals surface area contributed by atoms with Crippen molar-refractivity contribution in [3.8, 4) is 5.75 Å². The van der Waals surface area contributed by atoms with Gasteiger partial charge in [-0.2, -0.15) is 13.2 Å². The number of rotatable bonds is 6. The van der Waals surface area contributed by atoms with Crippen molar-refractivity contribution in [2.24, 2.45) is 0 Å². The van der Waals surface area contributed by atoms with Crippen LogP contribution in [0.25, 0.3) is 10.2 Å². The van der Waals surface area contributed by atoms with Gasteiger partial charge in [0.1, 0.15) is 5.75 Å². The number of para-hydroxylation sites is 2. The molecule has 0 saturated carbocycles. The highest BCUT2D eigenvalue weighted by Crippen LogP contribution is 2.36. The van der Waals surface area contributed by atoms with Crippen molar-refractivity contribution in [3.05, 3.63) is 53.6 Å². The van der Waals surface area contributed by atoms with E-state index in [-0.39, 0.29) is 16.4 Å². The number of halogens is 3. The van der Waals surface area contributed by atoms with Crippen molar-refractivity contribution in [1.82, 2.24) is 10.3 Å². The van der Waals surface area contributed by atoms with Gasteiger partial charge in [-0.05, 0) is 30.7 Å². The monoisotopic (exact) mass is 453 g/mol. The predicted molar refractivity (Wildman–Crippen MR) is 109 cm³/mol. The predicted octanol–water partition coefficient (Wildman–Crippen LogP) is 3.89. The van der Waals surface area contributed by atoms with Gasteiger partial charge in [0.05, 0.1) is 30.0 Å². The lowest BCUT2D eigenvalue weighted by Gasteiger charge is -2.34. The third-order valence-electron chi connectivity index (χ3n) is 4.48. The maximum absolute atomic E-state index is 14.3. The van der Waals surface area contributed by atoms with Gasteiger partial charge in [-0.25, -0.2) is 9.78 Å². The molecule has 2 aromatic carbocycles. The molecule has 3 aromatic rings. The van der Waals surface area contributed by atoms with Crippen LogP contribution in [0.15, 0.2) is 42.5 Å². The second kappa shape index (κ2) is 8.42. The molecule has 1 amide bonds. The first kappa shape index (κ1) is 22.3. The molecule has 7 nitrogen and oxygen atoms in total. The summed E-state index contributed by atoms with van der Waals surface area (Å²) in [6.07, 6.45) is -5.27. The number of esters is 1. The van der Waals surface area contributed by atoms with E-state index >= 15 is 0 Å². The van der Waals surface area contributed by atoms with Gasteiger partial charge in [0, 0.05) is 0 Å². The molecule has 0 aliphatic heterocycles. The van der Waals surface area contributed by atoms with Crippen LogP contribution in [0.4, 0.5) is 18.3 Å². The fourth-order valence-electron chi connectivity index (χ4n) is 2.91. The number of methoxy groups -OCH3 is 2. The highest BCUT2D eigenvalue weighted by Gasteiger charge is 2.64. The first-order valence-corrected chi connectivity index (χ1v) is 9.69. The molecule has 1 atom stereocenters. The van der Waals surface area contributed by atoms with Gasteiger partial charge in [-0.15, -0.1) is 0 Å². The number of hydrogen-bond donors (Lipinski definition) is 2. The maximum Gasteiger partial charge on any atom is 0.442 e. The average Bonchev–Trinajstić information content (AvgIpc) is 3.15. The Morgan fingerprint density at radius 3 is 2.39 bits per heavy atom. The second-order valence-corrected chi connectivity index (χ2v) is 7.49. The minimum absolute atomic E-state index is 0.0385. The fraction of sp³-hybridized carbons (Fsp3) is 0.250. The first-order valence-electron chi connectivity index (χ1n) is 8.88. The molecule has 2 N–H and O–H groups in total. The Morgan fingerprint density at radius 1 is 1.06 bits per heavy atom. The van der Waals surface area contributed by atoms with Gasteiger partial charge in [0.25, 0.3) is 5.91 Å². The fourth-order valence-corrected chi connectivity index (χ4v) is 3.91. The van der Waals surface area contributed by atoms with Gasteiger partial charge >= 0.3 is 17.8 Å². The maximum atomic E-state index is 14.3. The number of hydrogen-bond acceptors (Lipinski definition) is 7. The van der Waals surface area contributed by atoms with Crippen molar-refractivity contribution in [1.29, 1.82) is 0 Å². The summed E-state index contributed by atoms with van der Waals surface area (Å²) in [5.74, 6) is -2.90. The molecule has 1 unspecified atom stereocenters. The molecule has 0 aliphatic carbocycles. The molecular weight excluding hydrogens is 435 g/mol. The van der Waals surface area contributed by atoms with Crippen LogP contribution in [0.1, 0.15) is 15.9 Å². The number of aryl methyl sites for hydroxylation is 1. The number of aromatic nitrogens is 1. The van der Waals surface area contributed by atoms with Crippen LogP contribution in [-0.2, 0) is 9.53 Å². The van der Waals surface area contributed by atoms with Crippen molar-refractivity contribution in [3.63, 3.8) is 0 Å². The summed E-state index contributed by atoms with van der Waals surface area (Å²) in [6, 6.07) is 10.9. The van der Waals surface area contributed by atoms with E-state index in [4.69, 9.17) is 4.74 Å². The number of benzene rings is 2. The average molecular weight is 453 g/mol. The normalized spacial score (nSPS) is 13.4. The number of thiazole rings is 1. The van der Waals surface area contributed by atoms with E-state index in [0.717, 1.165) is 24.0 Å². The van der Waals surface area contributed by atoms with E-state index in [0.29, 0.717) is 10.2 Å². The smallest absolute Gasteiger partial charge is 0.442 e. The number of nitrogens with zero attached hydrogens (tertiary/aromatic N) is 1. The van der Waals surface area contributed by atoms with Crippen LogP contribution < -0.4 is 15.4 Å². The Balaban J connectivity index is 2.09. The second-order valence-electron chi connectivity index (χ2n) is 6.46. The van der Waals surface area contributed by atoms with Crippen molar-refractivity contribution >= 4 is 38.6 Å². The van der Waals surface area contributed by atoms with Crippen LogP contribution in [0, 0.1) is 6.92 Å². The molecule has 0 aliphatic rings. The molecule has 0 spiro atoms. The number of alkyl halides is 3. The largest absolute Gasteiger partial charge is 0.496 e. The summed E-state index contributed by atoms with van der Waals surface area (Å²) in [6.45, 7) is 1.76. The Hall–Kier alpha value is -3.34. The molecule has 164 valence electrons. The summed E-state index contributed by atoms with van der Waals surface area (Å²) in [5.41, 5.74) is -2.55. The summed E-state index contributed by atoms with van der Waals surface area (Å²) in [4.78, 5) is 29.3. The van der Waals surface area contributed by atoms with Gasteiger partial charge < -0.3 is 20.1 Å². The number of carbonyl (C=O) groups excluding carboxylic acids is 2. The van der Waals surface area contributed by atoms with E-state index in [1.165, 1.54) is 25.3 Å². The Kier molecular flexibility index (Phi) is 6.07. The Morgan fingerprint density at radius 2 is 1.77 bits per heavy atom. The minimum atomic E-state index is -5.27. The van der Waals surface area contributed by atoms with Crippen molar-refractivity contribution in [2.45, 2.75) is 18.8 Å². The lowest BCUT2D eigenvalue weighted by Crippen LogP contribution is -2.69. The van der Waals surface area contributed by atoms with E-state index in [1.807, 2.05) is 0 Å². The zero-order valence-electron chi connectivity index (χ0n) is 16.7. The van der Waals surface area contributed by atoms with Crippen LogP contribution in [0.3, 0.4) is 0 Å². The number of fused-ring (bicyclic) bond motifs is 1. The third-order valence-corrected chi connectivity index (χ3v) is 5.42. The van der Waals surface area contributed by atoms with E-state index in [1.54, 1.807) is 36.5 Å². The lowest BCUT2D eigenvalue weighted by atomic mass is 10.1. The summed E-state index contributed by atoms with van der Waals surface area (Å²) in [7, 11) is 2.06. The molecule has 31 heavy (non-hydrogen) atoms. The molecular formula is C20H18F3N3O4S. The molecule has 1 heterocycles. The summed E-state index contributed by atoms with van der Waals surface area (Å²) >= 11 is 0.907. The van der Waals surface area contributed by atoms with Crippen LogP contribution in [0.5, 0.6) is 5.75 Å². The molecule has 0 fully saturated rings. The third kappa shape index (κ3) is 4.13. The van der Waals surface area contributed by atoms with E-state index in [2.05, 4.69) is 15.0 Å². The number of ether oxygens (including phenoxy) is 2. The van der Waals surface area contributed by atoms with Crippen LogP contribution >= 0.6 is 11.3 Å². The van der Waals surface area contributed by atoms with Crippen LogP contribution in [-0.4, -0.2) is 42.9 Å². The molecule has 0 radical (unpaired) electrons. The van der Waals surface area contributed by atoms with Crippen molar-refractivity contribution in [2.75, 3.05) is 19.5 Å². The molecule has 11 heteroatoms. The lowest BCUT2D eigenvalue weighted by molar-refractivity contribution is -0.203. The van der Waals surface area contributed by atoms with Gasteiger partial charge in [0.2, 0.25) is 0 Å². The summed E-state index contributed by atoms with van der Waals surface area (Å²) < 4.78 is 52.8. The SMILES string of the molecule is COC(=O)C(NC(=O)c1ccccc1OC)(Nc1nc2c(C)cccc2s1)C(F)(F)F. The highest BCUT2D eigenvalue weighted by molar-refractivity contribution is 7.22. The zero-order chi connectivity index (χ0) is 22.8. The van der Waals surface area contributed by atoms with Gasteiger partial charge in [-0.3, -0.25) is 4.79 Å². The number of nitrogens with one attached hydrogen (secondary N) is 2. The molecule has 0 bridgehead atoms. The van der Waals surface area contributed by atoms with Crippen LogP contribution in [0.2, 0.25) is 0 Å². The molecule has 0 saturated heterocycles. The Labute approximate surface area is 179 Å². The topological polar surface area (TPSA) is 89.5 Å². The number of carbonyl (C=O) groups is 2. The molecule has 1 aromatic heterocycles. The summed E-state index contributed by atoms with van der Waals surface area (Å²) in [5, 5.41) is 3.61. The van der Waals surface area contributed by atoms with Gasteiger partial charge in [-0.1, -0.05) is 35.6 Å². The minimum Gasteiger partial charge on any atom is -0.496 e. The van der Waals surface area contributed by atoms with Crippen molar-refractivity contribution < 1.29 is 32.2 Å². The number of amides is 1. The standard InChI is InChI=1S/C20H18F3N3O4S/c1-11-7-6-10-14-15(11)24-18(31-14)26-19(17(28)30-3,20(21,22)23)25-16(27)12-8-4-5-9-13(12)29-2/h4-10H,1-3H3,(H,24,26)(H,25,27).